The number of pyridine rings is 1. The van der Waals surface area contributed by atoms with Gasteiger partial charge in [0.1, 0.15) is 5.82 Å². The van der Waals surface area contributed by atoms with Crippen molar-refractivity contribution in [2.45, 2.75) is 38.6 Å². The van der Waals surface area contributed by atoms with Crippen molar-refractivity contribution in [2.24, 2.45) is 0 Å². The van der Waals surface area contributed by atoms with Gasteiger partial charge in [0.25, 0.3) is 0 Å². The summed E-state index contributed by atoms with van der Waals surface area (Å²) in [6, 6.07) is 1.82. The minimum absolute atomic E-state index is 0.0886. The number of nitrogens with one attached hydrogen (secondary N) is 1. The van der Waals surface area contributed by atoms with Gasteiger partial charge >= 0.3 is 6.18 Å². The highest BCUT2D eigenvalue weighted by Crippen LogP contribution is 2.30. The molecule has 17 heavy (non-hydrogen) atoms. The molecule has 1 atom stereocenters. The fraction of sp³-hybridized carbons (Fsp3) is 0.545. The molecule has 1 aromatic rings. The highest BCUT2D eigenvalue weighted by Gasteiger charge is 2.31. The van der Waals surface area contributed by atoms with Crippen LogP contribution in [0.15, 0.2) is 18.3 Å². The highest BCUT2D eigenvalue weighted by atomic mass is 19.4. The van der Waals surface area contributed by atoms with Gasteiger partial charge < -0.3 is 10.4 Å². The van der Waals surface area contributed by atoms with Gasteiger partial charge in [-0.05, 0) is 32.9 Å². The number of alkyl halides is 3. The highest BCUT2D eigenvalue weighted by molar-refractivity contribution is 5.41. The number of nitrogens with zero attached hydrogens (tertiary/aromatic N) is 1. The van der Waals surface area contributed by atoms with Crippen molar-refractivity contribution in [1.29, 1.82) is 0 Å². The van der Waals surface area contributed by atoms with Gasteiger partial charge in [0, 0.05) is 6.20 Å². The molecule has 96 valence electrons. The van der Waals surface area contributed by atoms with Crippen molar-refractivity contribution in [1.82, 2.24) is 4.98 Å². The Kier molecular flexibility index (Phi) is 3.66. The van der Waals surface area contributed by atoms with Crippen molar-refractivity contribution < 1.29 is 18.3 Å². The Morgan fingerprint density at radius 1 is 1.35 bits per heavy atom. The maximum absolute atomic E-state index is 12.5. The lowest BCUT2D eigenvalue weighted by molar-refractivity contribution is -0.137. The normalized spacial score (nSPS) is 14.5. The molecule has 1 heterocycles. The molecule has 0 aliphatic carbocycles. The molecule has 0 saturated heterocycles. The summed E-state index contributed by atoms with van der Waals surface area (Å²) in [6.45, 7) is 4.92. The molecule has 3 nitrogen and oxygen atoms in total. The molecule has 0 saturated carbocycles. The van der Waals surface area contributed by atoms with E-state index in [1.54, 1.807) is 20.8 Å². The molecule has 0 bridgehead atoms. The van der Waals surface area contributed by atoms with Crippen LogP contribution in [-0.4, -0.2) is 21.7 Å². The van der Waals surface area contributed by atoms with Crippen LogP contribution in [0.5, 0.6) is 0 Å². The van der Waals surface area contributed by atoms with E-state index in [0.717, 1.165) is 18.3 Å². The lowest BCUT2D eigenvalue weighted by Crippen LogP contribution is -2.42. The average molecular weight is 248 g/mol. The van der Waals surface area contributed by atoms with Crippen LogP contribution in [0.2, 0.25) is 0 Å². The zero-order chi connectivity index (χ0) is 13.3. The van der Waals surface area contributed by atoms with Gasteiger partial charge in [-0.25, -0.2) is 4.98 Å². The number of aliphatic hydroxyl groups is 1. The van der Waals surface area contributed by atoms with Crippen LogP contribution in [0.25, 0.3) is 0 Å². The lowest BCUT2D eigenvalue weighted by atomic mass is 9.99. The van der Waals surface area contributed by atoms with E-state index in [1.807, 2.05) is 0 Å². The van der Waals surface area contributed by atoms with Crippen LogP contribution < -0.4 is 5.32 Å². The van der Waals surface area contributed by atoms with E-state index in [1.165, 1.54) is 0 Å². The average Bonchev–Trinajstić information content (AvgIpc) is 2.15. The SMILES string of the molecule is CC(O)C(C)(C)Nc1cc(C(F)(F)F)ccn1. The van der Waals surface area contributed by atoms with E-state index in [4.69, 9.17) is 0 Å². The van der Waals surface area contributed by atoms with Crippen molar-refractivity contribution in [3.05, 3.63) is 23.9 Å². The molecule has 6 heteroatoms. The number of hydrogen-bond acceptors (Lipinski definition) is 3. The molecule has 0 spiro atoms. The molecule has 2 N–H and O–H groups in total. The molecular weight excluding hydrogens is 233 g/mol. The predicted molar refractivity (Wildman–Crippen MR) is 58.6 cm³/mol. The molecule has 0 aliphatic rings. The largest absolute Gasteiger partial charge is 0.416 e. The molecule has 1 aromatic heterocycles. The van der Waals surface area contributed by atoms with Crippen LogP contribution in [-0.2, 0) is 6.18 Å². The van der Waals surface area contributed by atoms with Gasteiger partial charge in [0.15, 0.2) is 0 Å². The number of rotatable bonds is 3. The molecule has 0 fully saturated rings. The fourth-order valence-electron chi connectivity index (χ4n) is 1.11. The molecule has 0 radical (unpaired) electrons. The number of aliphatic hydroxyl groups excluding tert-OH is 1. The van der Waals surface area contributed by atoms with Gasteiger partial charge in [0.05, 0.1) is 17.2 Å². The van der Waals surface area contributed by atoms with Gasteiger partial charge in [-0.15, -0.1) is 0 Å². The summed E-state index contributed by atoms with van der Waals surface area (Å²) >= 11 is 0. The Bertz CT molecular complexity index is 389. The zero-order valence-electron chi connectivity index (χ0n) is 9.84. The topological polar surface area (TPSA) is 45.1 Å². The molecular formula is C11H15F3N2O. The minimum Gasteiger partial charge on any atom is -0.391 e. The molecule has 1 rings (SSSR count). The first-order valence-corrected chi connectivity index (χ1v) is 5.12. The maximum atomic E-state index is 12.5. The minimum atomic E-state index is -4.39. The first-order chi connectivity index (χ1) is 7.63. The summed E-state index contributed by atoms with van der Waals surface area (Å²) in [4.78, 5) is 3.80. The lowest BCUT2D eigenvalue weighted by Gasteiger charge is -2.30. The van der Waals surface area contributed by atoms with Crippen molar-refractivity contribution in [2.75, 3.05) is 5.32 Å². The first-order valence-electron chi connectivity index (χ1n) is 5.12. The van der Waals surface area contributed by atoms with E-state index in [9.17, 15) is 18.3 Å². The van der Waals surface area contributed by atoms with Crippen LogP contribution >= 0.6 is 0 Å². The molecule has 1 unspecified atom stereocenters. The van der Waals surface area contributed by atoms with Crippen molar-refractivity contribution in [3.63, 3.8) is 0 Å². The van der Waals surface area contributed by atoms with E-state index < -0.39 is 23.4 Å². The first kappa shape index (κ1) is 13.8. The number of anilines is 1. The third-order valence-corrected chi connectivity index (χ3v) is 2.58. The van der Waals surface area contributed by atoms with Crippen LogP contribution in [0.3, 0.4) is 0 Å². The van der Waals surface area contributed by atoms with Gasteiger partial charge in [0.2, 0.25) is 0 Å². The van der Waals surface area contributed by atoms with Crippen LogP contribution in [0, 0.1) is 0 Å². The second kappa shape index (κ2) is 4.52. The fourth-order valence-corrected chi connectivity index (χ4v) is 1.11. The van der Waals surface area contributed by atoms with Crippen molar-refractivity contribution >= 4 is 5.82 Å². The number of aromatic nitrogens is 1. The smallest absolute Gasteiger partial charge is 0.391 e. The predicted octanol–water partition coefficient (Wildman–Crippen LogP) is 2.67. The molecule has 0 aromatic carbocycles. The van der Waals surface area contributed by atoms with Gasteiger partial charge in [-0.2, -0.15) is 13.2 Å². The summed E-state index contributed by atoms with van der Waals surface area (Å²) in [5.74, 6) is 0.0886. The second-order valence-corrected chi connectivity index (χ2v) is 4.45. The summed E-state index contributed by atoms with van der Waals surface area (Å²) < 4.78 is 37.4. The van der Waals surface area contributed by atoms with Gasteiger partial charge in [-0.3, -0.25) is 0 Å². The number of halogens is 3. The van der Waals surface area contributed by atoms with E-state index in [-0.39, 0.29) is 5.82 Å². The van der Waals surface area contributed by atoms with Crippen molar-refractivity contribution in [3.8, 4) is 0 Å². The molecule has 0 aliphatic heterocycles. The Hall–Kier alpha value is -1.30. The standard InChI is InChI=1S/C11H15F3N2O/c1-7(17)10(2,3)16-9-6-8(4-5-15-9)11(12,13)14/h4-7,17H,1-3H3,(H,15,16). The second-order valence-electron chi connectivity index (χ2n) is 4.45. The third-order valence-electron chi connectivity index (χ3n) is 2.58. The summed E-state index contributed by atoms with van der Waals surface area (Å²) in [6.07, 6.45) is -4.03. The van der Waals surface area contributed by atoms with Crippen LogP contribution in [0.4, 0.5) is 19.0 Å². The van der Waals surface area contributed by atoms with Gasteiger partial charge in [-0.1, -0.05) is 0 Å². The summed E-state index contributed by atoms with van der Waals surface area (Å²) in [7, 11) is 0. The summed E-state index contributed by atoms with van der Waals surface area (Å²) in [5.41, 5.74) is -1.52. The Balaban J connectivity index is 2.94. The van der Waals surface area contributed by atoms with E-state index >= 15 is 0 Å². The van der Waals surface area contributed by atoms with Crippen LogP contribution in [0.1, 0.15) is 26.3 Å². The number of hydrogen-bond donors (Lipinski definition) is 2. The Labute approximate surface area is 97.7 Å². The Morgan fingerprint density at radius 2 is 1.94 bits per heavy atom. The Morgan fingerprint density at radius 3 is 2.41 bits per heavy atom. The quantitative estimate of drug-likeness (QED) is 0.864. The van der Waals surface area contributed by atoms with E-state index in [0.29, 0.717) is 0 Å². The van der Waals surface area contributed by atoms with E-state index in [2.05, 4.69) is 10.3 Å². The monoisotopic (exact) mass is 248 g/mol. The zero-order valence-corrected chi connectivity index (χ0v) is 9.84. The summed E-state index contributed by atoms with van der Waals surface area (Å²) in [5, 5.41) is 12.2. The third kappa shape index (κ3) is 3.59. The molecule has 0 amide bonds. The maximum Gasteiger partial charge on any atom is 0.416 e.